The van der Waals surface area contributed by atoms with E-state index in [1.54, 1.807) is 18.2 Å². The van der Waals surface area contributed by atoms with Crippen LogP contribution < -0.4 is 5.32 Å². The molecule has 0 aliphatic carbocycles. The molecule has 1 unspecified atom stereocenters. The minimum Gasteiger partial charge on any atom is -0.508 e. The zero-order chi connectivity index (χ0) is 19.7. The first kappa shape index (κ1) is 23.4. The summed E-state index contributed by atoms with van der Waals surface area (Å²) in [6, 6.07) is -0.296. The predicted octanol–water partition coefficient (Wildman–Crippen LogP) is 5.66. The highest BCUT2D eigenvalue weighted by molar-refractivity contribution is 5.89. The van der Waals surface area contributed by atoms with Crippen LogP contribution in [0.4, 0.5) is 0 Å². The average Bonchev–Trinajstić information content (AvgIpc) is 2.53. The second kappa shape index (κ2) is 10.4. The van der Waals surface area contributed by atoms with Gasteiger partial charge < -0.3 is 10.4 Å². The maximum absolute atomic E-state index is 13.2. The Kier molecular flexibility index (Phi) is 9.73. The van der Waals surface area contributed by atoms with Crippen molar-refractivity contribution < 1.29 is 9.90 Å². The Balaban J connectivity index is 5.51. The van der Waals surface area contributed by atoms with Crippen molar-refractivity contribution in [2.45, 2.75) is 78.8 Å². The standard InChI is InChI=1S/C22H37NO2/c1-9-12-15-22(7,8)20(25)19(23-21(4,5)6)16-17(10-2)13-14-18(24)11-3/h10-11,13-14,19,23-24H,2-3,9,12,15-16H2,1,4-8H3/b17-13+,18-14+. The van der Waals surface area contributed by atoms with Crippen LogP contribution in [0.3, 0.4) is 0 Å². The van der Waals surface area contributed by atoms with Gasteiger partial charge >= 0.3 is 0 Å². The summed E-state index contributed by atoms with van der Waals surface area (Å²) < 4.78 is 0. The van der Waals surface area contributed by atoms with Gasteiger partial charge in [0, 0.05) is 11.0 Å². The Labute approximate surface area is 154 Å². The highest BCUT2D eigenvalue weighted by atomic mass is 16.3. The van der Waals surface area contributed by atoms with Crippen molar-refractivity contribution in [2.75, 3.05) is 0 Å². The molecule has 1 atom stereocenters. The number of allylic oxidation sites excluding steroid dienone is 4. The van der Waals surface area contributed by atoms with Gasteiger partial charge in [-0.05, 0) is 51.3 Å². The minimum absolute atomic E-state index is 0.0919. The van der Waals surface area contributed by atoms with Gasteiger partial charge in [0.15, 0.2) is 5.78 Å². The number of Topliss-reactive ketones (excluding diaryl/α,β-unsaturated/α-hetero) is 1. The molecule has 3 heteroatoms. The summed E-state index contributed by atoms with van der Waals surface area (Å²) in [5.41, 5.74) is 0.353. The molecule has 0 saturated carbocycles. The summed E-state index contributed by atoms with van der Waals surface area (Å²) in [6.45, 7) is 19.8. The molecule has 0 amide bonds. The van der Waals surface area contributed by atoms with Gasteiger partial charge in [-0.2, -0.15) is 0 Å². The van der Waals surface area contributed by atoms with Gasteiger partial charge in [0.25, 0.3) is 0 Å². The van der Waals surface area contributed by atoms with Gasteiger partial charge in [-0.15, -0.1) is 0 Å². The molecule has 0 aliphatic heterocycles. The van der Waals surface area contributed by atoms with E-state index in [0.717, 1.165) is 24.8 Å². The van der Waals surface area contributed by atoms with Crippen molar-refractivity contribution in [1.29, 1.82) is 0 Å². The summed E-state index contributed by atoms with van der Waals surface area (Å²) in [5.74, 6) is 0.315. The number of carbonyl (C=O) groups is 1. The molecule has 3 nitrogen and oxygen atoms in total. The van der Waals surface area contributed by atoms with E-state index in [4.69, 9.17) is 0 Å². The Morgan fingerprint density at radius 3 is 2.16 bits per heavy atom. The van der Waals surface area contributed by atoms with Crippen LogP contribution in [0.15, 0.2) is 48.8 Å². The molecular weight excluding hydrogens is 310 g/mol. The van der Waals surface area contributed by atoms with Crippen LogP contribution in [0.1, 0.15) is 67.2 Å². The molecular formula is C22H37NO2. The summed E-state index contributed by atoms with van der Waals surface area (Å²) in [7, 11) is 0. The number of aliphatic hydroxyl groups excluding tert-OH is 1. The van der Waals surface area contributed by atoms with E-state index in [1.807, 2.05) is 13.8 Å². The fourth-order valence-corrected chi connectivity index (χ4v) is 2.66. The van der Waals surface area contributed by atoms with Crippen LogP contribution in [-0.4, -0.2) is 22.5 Å². The molecule has 0 aromatic rings. The summed E-state index contributed by atoms with van der Waals surface area (Å²) >= 11 is 0. The number of unbranched alkanes of at least 4 members (excludes halogenated alkanes) is 1. The van der Waals surface area contributed by atoms with Crippen molar-refractivity contribution in [1.82, 2.24) is 5.32 Å². The molecule has 0 aromatic carbocycles. The molecule has 0 rings (SSSR count). The van der Waals surface area contributed by atoms with E-state index in [9.17, 15) is 9.90 Å². The Hall–Kier alpha value is -1.61. The van der Waals surface area contributed by atoms with Crippen molar-refractivity contribution in [3.05, 3.63) is 48.8 Å². The number of carbonyl (C=O) groups excluding carboxylic acids is 1. The van der Waals surface area contributed by atoms with Crippen LogP contribution in [0, 0.1) is 5.41 Å². The number of hydrogen-bond acceptors (Lipinski definition) is 3. The summed E-state index contributed by atoms with van der Waals surface area (Å²) in [5, 5.41) is 13.0. The molecule has 25 heavy (non-hydrogen) atoms. The normalized spacial score (nSPS) is 15.0. The second-order valence-corrected chi connectivity index (χ2v) is 8.24. The van der Waals surface area contributed by atoms with Gasteiger partial charge in [-0.3, -0.25) is 4.79 Å². The first-order valence-electron chi connectivity index (χ1n) is 9.13. The molecule has 0 saturated heterocycles. The van der Waals surface area contributed by atoms with Gasteiger partial charge in [-0.25, -0.2) is 0 Å². The molecule has 0 radical (unpaired) electrons. The van der Waals surface area contributed by atoms with Crippen molar-refractivity contribution in [3.63, 3.8) is 0 Å². The zero-order valence-corrected chi connectivity index (χ0v) is 17.0. The van der Waals surface area contributed by atoms with Crippen molar-refractivity contribution in [2.24, 2.45) is 5.41 Å². The third-order valence-corrected chi connectivity index (χ3v) is 4.13. The lowest BCUT2D eigenvalue weighted by Crippen LogP contribution is -2.51. The fourth-order valence-electron chi connectivity index (χ4n) is 2.66. The molecule has 0 aliphatic rings. The van der Waals surface area contributed by atoms with Gasteiger partial charge in [-0.1, -0.05) is 58.9 Å². The van der Waals surface area contributed by atoms with E-state index in [0.29, 0.717) is 6.42 Å². The number of aliphatic hydroxyl groups is 1. The molecule has 0 spiro atoms. The lowest BCUT2D eigenvalue weighted by Gasteiger charge is -2.34. The minimum atomic E-state index is -0.371. The molecule has 0 aromatic heterocycles. The van der Waals surface area contributed by atoms with Gasteiger partial charge in [0.1, 0.15) is 5.76 Å². The Morgan fingerprint density at radius 1 is 1.12 bits per heavy atom. The van der Waals surface area contributed by atoms with E-state index in [1.165, 1.54) is 6.08 Å². The highest BCUT2D eigenvalue weighted by Crippen LogP contribution is 2.28. The maximum Gasteiger partial charge on any atom is 0.155 e. The summed E-state index contributed by atoms with van der Waals surface area (Å²) in [6.07, 6.45) is 10.0. The van der Waals surface area contributed by atoms with Crippen LogP contribution in [0.25, 0.3) is 0 Å². The largest absolute Gasteiger partial charge is 0.508 e. The number of rotatable bonds is 11. The number of nitrogens with one attached hydrogen (secondary N) is 1. The quantitative estimate of drug-likeness (QED) is 0.374. The molecule has 0 bridgehead atoms. The predicted molar refractivity (Wildman–Crippen MR) is 109 cm³/mol. The third kappa shape index (κ3) is 9.45. The molecule has 0 fully saturated rings. The monoisotopic (exact) mass is 347 g/mol. The SMILES string of the molecule is C=C/C(=C\C=C(\O)C=C)CC(NC(C)(C)C)C(=O)C(C)(C)CCCC. The zero-order valence-electron chi connectivity index (χ0n) is 17.0. The first-order chi connectivity index (χ1) is 11.5. The van der Waals surface area contributed by atoms with Crippen LogP contribution in [0.2, 0.25) is 0 Å². The van der Waals surface area contributed by atoms with E-state index >= 15 is 0 Å². The third-order valence-electron chi connectivity index (χ3n) is 4.13. The highest BCUT2D eigenvalue weighted by Gasteiger charge is 2.34. The van der Waals surface area contributed by atoms with E-state index in [-0.39, 0.29) is 28.5 Å². The van der Waals surface area contributed by atoms with E-state index in [2.05, 4.69) is 46.2 Å². The average molecular weight is 348 g/mol. The summed E-state index contributed by atoms with van der Waals surface area (Å²) in [4.78, 5) is 13.2. The lowest BCUT2D eigenvalue weighted by molar-refractivity contribution is -0.130. The Morgan fingerprint density at radius 2 is 1.72 bits per heavy atom. The second-order valence-electron chi connectivity index (χ2n) is 8.24. The van der Waals surface area contributed by atoms with Crippen molar-refractivity contribution >= 4 is 5.78 Å². The fraction of sp³-hybridized carbons (Fsp3) is 0.591. The topological polar surface area (TPSA) is 49.3 Å². The first-order valence-corrected chi connectivity index (χ1v) is 9.13. The molecule has 2 N–H and O–H groups in total. The van der Waals surface area contributed by atoms with Crippen LogP contribution in [0.5, 0.6) is 0 Å². The lowest BCUT2D eigenvalue weighted by atomic mass is 9.78. The molecule has 0 heterocycles. The number of ketones is 1. The smallest absolute Gasteiger partial charge is 0.155 e. The molecule has 142 valence electrons. The Bertz CT molecular complexity index is 519. The van der Waals surface area contributed by atoms with Gasteiger partial charge in [0.2, 0.25) is 0 Å². The van der Waals surface area contributed by atoms with Crippen LogP contribution in [-0.2, 0) is 4.79 Å². The van der Waals surface area contributed by atoms with Gasteiger partial charge in [0.05, 0.1) is 6.04 Å². The van der Waals surface area contributed by atoms with Crippen LogP contribution >= 0.6 is 0 Å². The number of hydrogen-bond donors (Lipinski definition) is 2. The maximum atomic E-state index is 13.2. The van der Waals surface area contributed by atoms with Crippen molar-refractivity contribution in [3.8, 4) is 0 Å². The van der Waals surface area contributed by atoms with E-state index < -0.39 is 0 Å².